The summed E-state index contributed by atoms with van der Waals surface area (Å²) in [5.74, 6) is -0.0727. The van der Waals surface area contributed by atoms with Gasteiger partial charge in [0.1, 0.15) is 5.60 Å². The summed E-state index contributed by atoms with van der Waals surface area (Å²) in [6.07, 6.45) is 0.252. The summed E-state index contributed by atoms with van der Waals surface area (Å²) in [4.78, 5) is 40.4. The van der Waals surface area contributed by atoms with Gasteiger partial charge in [0.15, 0.2) is 0 Å². The predicted molar refractivity (Wildman–Crippen MR) is 118 cm³/mol. The Labute approximate surface area is 184 Å². The van der Waals surface area contributed by atoms with Crippen molar-refractivity contribution in [1.29, 1.82) is 0 Å². The summed E-state index contributed by atoms with van der Waals surface area (Å²) in [6, 6.07) is 6.74. The summed E-state index contributed by atoms with van der Waals surface area (Å²) in [5.41, 5.74) is 0.540. The van der Waals surface area contributed by atoms with E-state index in [-0.39, 0.29) is 11.8 Å². The van der Waals surface area contributed by atoms with E-state index in [0.717, 1.165) is 6.42 Å². The number of ether oxygens (including phenoxy) is 2. The molecule has 0 aliphatic carbocycles. The maximum atomic E-state index is 12.8. The molecule has 0 spiro atoms. The van der Waals surface area contributed by atoms with Gasteiger partial charge in [-0.3, -0.25) is 19.8 Å². The second kappa shape index (κ2) is 11.7. The van der Waals surface area contributed by atoms with Crippen molar-refractivity contribution in [3.05, 3.63) is 29.8 Å². The molecule has 1 aromatic rings. The molecule has 9 nitrogen and oxygen atoms in total. The molecular weight excluding hydrogens is 400 g/mol. The first-order chi connectivity index (χ1) is 14.7. The van der Waals surface area contributed by atoms with Crippen molar-refractivity contribution in [2.24, 2.45) is 0 Å². The number of rotatable bonds is 8. The van der Waals surface area contributed by atoms with E-state index in [9.17, 15) is 14.4 Å². The molecule has 2 rings (SSSR count). The van der Waals surface area contributed by atoms with Crippen molar-refractivity contribution in [2.45, 2.75) is 32.8 Å². The zero-order chi connectivity index (χ0) is 22.9. The Bertz CT molecular complexity index is 737. The second-order valence-electron chi connectivity index (χ2n) is 8.47. The first-order valence-electron chi connectivity index (χ1n) is 10.6. The van der Waals surface area contributed by atoms with Crippen LogP contribution in [0.25, 0.3) is 0 Å². The van der Waals surface area contributed by atoms with Crippen LogP contribution in [0.15, 0.2) is 24.3 Å². The van der Waals surface area contributed by atoms with Gasteiger partial charge >= 0.3 is 6.09 Å². The quantitative estimate of drug-likeness (QED) is 0.607. The molecule has 1 aliphatic heterocycles. The largest absolute Gasteiger partial charge is 0.444 e. The number of benzene rings is 1. The van der Waals surface area contributed by atoms with Gasteiger partial charge in [0.2, 0.25) is 5.91 Å². The zero-order valence-corrected chi connectivity index (χ0v) is 18.9. The zero-order valence-electron chi connectivity index (χ0n) is 18.9. The number of hydrogen-bond acceptors (Lipinski definition) is 6. The van der Waals surface area contributed by atoms with Crippen molar-refractivity contribution >= 4 is 23.6 Å². The van der Waals surface area contributed by atoms with E-state index in [0.29, 0.717) is 57.1 Å². The summed E-state index contributed by atoms with van der Waals surface area (Å²) in [5, 5.41) is 5.53. The minimum absolute atomic E-state index is 0.0102. The molecule has 1 aromatic carbocycles. The first-order valence-corrected chi connectivity index (χ1v) is 10.6. The third-order valence-electron chi connectivity index (χ3n) is 4.65. The topological polar surface area (TPSA) is 100 Å². The maximum Gasteiger partial charge on any atom is 0.412 e. The van der Waals surface area contributed by atoms with Crippen LogP contribution in [0.3, 0.4) is 0 Å². The van der Waals surface area contributed by atoms with E-state index >= 15 is 0 Å². The number of carbonyl (C=O) groups excluding carboxylic acids is 3. The molecule has 0 saturated carbocycles. The van der Waals surface area contributed by atoms with Crippen LogP contribution in [-0.2, 0) is 14.3 Å². The molecule has 1 saturated heterocycles. The average Bonchev–Trinajstić information content (AvgIpc) is 2.70. The van der Waals surface area contributed by atoms with Gasteiger partial charge in [-0.15, -0.1) is 0 Å². The normalized spacial score (nSPS) is 14.8. The third kappa shape index (κ3) is 8.94. The molecule has 0 aromatic heterocycles. The Morgan fingerprint density at radius 3 is 2.26 bits per heavy atom. The van der Waals surface area contributed by atoms with E-state index < -0.39 is 11.7 Å². The van der Waals surface area contributed by atoms with Crippen molar-refractivity contribution in [3.8, 4) is 0 Å². The lowest BCUT2D eigenvalue weighted by Crippen LogP contribution is -2.51. The monoisotopic (exact) mass is 434 g/mol. The van der Waals surface area contributed by atoms with E-state index in [4.69, 9.17) is 9.47 Å². The second-order valence-corrected chi connectivity index (χ2v) is 8.47. The third-order valence-corrected chi connectivity index (χ3v) is 4.65. The van der Waals surface area contributed by atoms with Crippen LogP contribution >= 0.6 is 0 Å². The fourth-order valence-corrected chi connectivity index (χ4v) is 3.11. The highest BCUT2D eigenvalue weighted by molar-refractivity contribution is 5.95. The minimum atomic E-state index is -0.577. The predicted octanol–water partition coefficient (Wildman–Crippen LogP) is 1.94. The first kappa shape index (κ1) is 24.6. The van der Waals surface area contributed by atoms with Crippen LogP contribution in [-0.4, -0.2) is 86.3 Å². The summed E-state index contributed by atoms with van der Waals surface area (Å²) < 4.78 is 10.2. The lowest BCUT2D eigenvalue weighted by Gasteiger charge is -2.34. The Balaban J connectivity index is 1.76. The number of carbonyl (C=O) groups is 3. The number of hydrogen-bond donors (Lipinski definition) is 2. The van der Waals surface area contributed by atoms with Crippen LogP contribution in [0, 0.1) is 0 Å². The highest BCUT2D eigenvalue weighted by Crippen LogP contribution is 2.15. The van der Waals surface area contributed by atoms with Gasteiger partial charge in [0.05, 0.1) is 6.54 Å². The van der Waals surface area contributed by atoms with E-state index in [1.54, 1.807) is 57.0 Å². The number of amides is 3. The molecule has 0 unspecified atom stereocenters. The van der Waals surface area contributed by atoms with Gasteiger partial charge in [0.25, 0.3) is 5.91 Å². The van der Waals surface area contributed by atoms with Crippen molar-refractivity contribution in [3.63, 3.8) is 0 Å². The van der Waals surface area contributed by atoms with Gasteiger partial charge in [-0.1, -0.05) is 0 Å². The van der Waals surface area contributed by atoms with Crippen molar-refractivity contribution < 1.29 is 23.9 Å². The maximum absolute atomic E-state index is 12.8. The Morgan fingerprint density at radius 1 is 1.03 bits per heavy atom. The van der Waals surface area contributed by atoms with Gasteiger partial charge in [-0.05, 0) is 51.5 Å². The number of anilines is 1. The molecule has 1 fully saturated rings. The number of piperazine rings is 1. The van der Waals surface area contributed by atoms with Gasteiger partial charge < -0.3 is 19.7 Å². The molecule has 1 aliphatic rings. The van der Waals surface area contributed by atoms with Crippen LogP contribution in [0.1, 0.15) is 37.6 Å². The lowest BCUT2D eigenvalue weighted by atomic mass is 10.1. The minimum Gasteiger partial charge on any atom is -0.444 e. The molecule has 9 heteroatoms. The van der Waals surface area contributed by atoms with E-state index in [2.05, 4.69) is 10.6 Å². The number of nitrogens with zero attached hydrogens (tertiary/aromatic N) is 2. The lowest BCUT2D eigenvalue weighted by molar-refractivity contribution is -0.122. The van der Waals surface area contributed by atoms with Crippen LogP contribution in [0.5, 0.6) is 0 Å². The fourth-order valence-electron chi connectivity index (χ4n) is 3.11. The molecule has 0 radical (unpaired) electrons. The summed E-state index contributed by atoms with van der Waals surface area (Å²) in [6.45, 7) is 9.37. The molecule has 0 bridgehead atoms. The smallest absolute Gasteiger partial charge is 0.412 e. The van der Waals surface area contributed by atoms with E-state index in [1.165, 1.54) is 0 Å². The molecule has 3 amide bonds. The molecule has 172 valence electrons. The van der Waals surface area contributed by atoms with E-state index in [1.807, 2.05) is 4.90 Å². The highest BCUT2D eigenvalue weighted by Gasteiger charge is 2.23. The fraction of sp³-hybridized carbons (Fsp3) is 0.591. The molecular formula is C22H34N4O5. The van der Waals surface area contributed by atoms with Crippen LogP contribution < -0.4 is 10.6 Å². The van der Waals surface area contributed by atoms with Crippen molar-refractivity contribution in [2.75, 3.05) is 58.3 Å². The highest BCUT2D eigenvalue weighted by atomic mass is 16.6. The van der Waals surface area contributed by atoms with Crippen LogP contribution in [0.2, 0.25) is 0 Å². The van der Waals surface area contributed by atoms with Crippen LogP contribution in [0.4, 0.5) is 10.5 Å². The Kier molecular flexibility index (Phi) is 9.26. The van der Waals surface area contributed by atoms with Gasteiger partial charge in [0, 0.05) is 57.7 Å². The standard InChI is InChI=1S/C22H34N4O5/c1-22(2,3)31-21(29)24-18-8-6-17(7-9-18)20(28)26-13-11-25(12-14-26)16-19(27)23-10-5-15-30-4/h6-9H,5,10-16H2,1-4H3,(H,23,27)(H,24,29). The average molecular weight is 435 g/mol. The summed E-state index contributed by atoms with van der Waals surface area (Å²) in [7, 11) is 1.64. The van der Waals surface area contributed by atoms with Crippen molar-refractivity contribution in [1.82, 2.24) is 15.1 Å². The molecule has 0 atom stereocenters. The molecule has 2 N–H and O–H groups in total. The SMILES string of the molecule is COCCCNC(=O)CN1CCN(C(=O)c2ccc(NC(=O)OC(C)(C)C)cc2)CC1. The molecule has 1 heterocycles. The Hall–Kier alpha value is -2.65. The molecule has 31 heavy (non-hydrogen) atoms. The Morgan fingerprint density at radius 2 is 1.68 bits per heavy atom. The van der Waals surface area contributed by atoms with Gasteiger partial charge in [-0.25, -0.2) is 4.79 Å². The number of methoxy groups -OCH3 is 1. The van der Waals surface area contributed by atoms with Gasteiger partial charge in [-0.2, -0.15) is 0 Å². The summed E-state index contributed by atoms with van der Waals surface area (Å²) >= 11 is 0. The number of nitrogens with one attached hydrogen (secondary N) is 2.